The molecule has 12 rings (SSSR count). The summed E-state index contributed by atoms with van der Waals surface area (Å²) in [5, 5.41) is 12.8. The number of fused-ring (bicyclic) bond motifs is 10. The zero-order chi connectivity index (χ0) is 37.5. The van der Waals surface area contributed by atoms with E-state index in [-0.39, 0.29) is 0 Å². The van der Waals surface area contributed by atoms with Gasteiger partial charge in [0.15, 0.2) is 0 Å². The molecule has 57 heavy (non-hydrogen) atoms. The predicted octanol–water partition coefficient (Wildman–Crippen LogP) is 16.7. The third kappa shape index (κ3) is 5.06. The molecule has 2 heterocycles. The molecule has 3 heteroatoms. The third-order valence-corrected chi connectivity index (χ3v) is 14.1. The lowest BCUT2D eigenvalue weighted by Gasteiger charge is -2.27. The molecular formula is C54H33NS2. The number of benzene rings is 10. The van der Waals surface area contributed by atoms with Crippen molar-refractivity contribution in [3.05, 3.63) is 200 Å². The van der Waals surface area contributed by atoms with Gasteiger partial charge in [0.05, 0.1) is 20.8 Å². The largest absolute Gasteiger partial charge is 0.308 e. The van der Waals surface area contributed by atoms with Gasteiger partial charge in [-0.1, -0.05) is 158 Å². The van der Waals surface area contributed by atoms with E-state index in [1.165, 1.54) is 106 Å². The van der Waals surface area contributed by atoms with E-state index in [1.807, 2.05) is 22.7 Å². The standard InChI is InChI=1S/C54H33NS2/c1-2-14-37-35(13-1)33-48(42-18-6-4-15-39(37)42)43-32-31-38(40-16-3-5-17-41(40)43)34-27-29-36(30-28-34)55(49-23-11-21-46-44-19-7-9-25-51(44)56-53(46)49)50-24-12-22-47-45-20-8-10-26-52(45)57-54(47)50/h1-33H. The van der Waals surface area contributed by atoms with Crippen molar-refractivity contribution in [2.45, 2.75) is 0 Å². The first-order valence-electron chi connectivity index (χ1n) is 19.4. The van der Waals surface area contributed by atoms with E-state index < -0.39 is 0 Å². The highest BCUT2D eigenvalue weighted by atomic mass is 32.1. The normalized spacial score (nSPS) is 11.9. The van der Waals surface area contributed by atoms with Gasteiger partial charge in [0.2, 0.25) is 0 Å². The average molecular weight is 760 g/mol. The lowest BCUT2D eigenvalue weighted by molar-refractivity contribution is 1.32. The van der Waals surface area contributed by atoms with Crippen LogP contribution >= 0.6 is 22.7 Å². The smallest absolute Gasteiger partial charge is 0.0640 e. The lowest BCUT2D eigenvalue weighted by atomic mass is 9.88. The summed E-state index contributed by atoms with van der Waals surface area (Å²) in [6.45, 7) is 0. The van der Waals surface area contributed by atoms with E-state index in [4.69, 9.17) is 0 Å². The Bertz CT molecular complexity index is 3420. The molecule has 12 aromatic rings. The first kappa shape index (κ1) is 32.5. The molecule has 0 aliphatic heterocycles. The SMILES string of the molecule is c1ccc2c(c1)cc(-c1ccc(-c3ccc(N(c4cccc5c4sc4ccccc45)c4cccc5c4sc4ccccc45)cc3)c3ccccc13)c1ccccc12. The van der Waals surface area contributed by atoms with Gasteiger partial charge in [-0.05, 0) is 97.0 Å². The molecule has 1 nitrogen and oxygen atoms in total. The molecule has 0 bridgehead atoms. The second-order valence-electron chi connectivity index (χ2n) is 14.8. The Morgan fingerprint density at radius 3 is 1.37 bits per heavy atom. The fourth-order valence-corrected chi connectivity index (χ4v) is 11.5. The van der Waals surface area contributed by atoms with Gasteiger partial charge in [-0.15, -0.1) is 22.7 Å². The highest BCUT2D eigenvalue weighted by Crippen LogP contribution is 2.49. The maximum Gasteiger partial charge on any atom is 0.0640 e. The Hall–Kier alpha value is -6.78. The summed E-state index contributed by atoms with van der Waals surface area (Å²) in [5.41, 5.74) is 8.49. The molecule has 266 valence electrons. The summed E-state index contributed by atoms with van der Waals surface area (Å²) in [4.78, 5) is 2.49. The number of rotatable bonds is 5. The third-order valence-electron chi connectivity index (χ3n) is 11.7. The summed E-state index contributed by atoms with van der Waals surface area (Å²) in [6.07, 6.45) is 0. The van der Waals surface area contributed by atoms with Gasteiger partial charge in [0.25, 0.3) is 0 Å². The fraction of sp³-hybridized carbons (Fsp3) is 0. The average Bonchev–Trinajstić information content (AvgIpc) is 3.86. The van der Waals surface area contributed by atoms with Crippen molar-refractivity contribution in [1.29, 1.82) is 0 Å². The monoisotopic (exact) mass is 759 g/mol. The van der Waals surface area contributed by atoms with Gasteiger partial charge in [-0.3, -0.25) is 0 Å². The minimum absolute atomic E-state index is 1.14. The number of anilines is 3. The van der Waals surface area contributed by atoms with Crippen molar-refractivity contribution in [1.82, 2.24) is 0 Å². The molecule has 0 fully saturated rings. The van der Waals surface area contributed by atoms with E-state index in [0.717, 1.165) is 5.69 Å². The van der Waals surface area contributed by atoms with Crippen molar-refractivity contribution < 1.29 is 0 Å². The van der Waals surface area contributed by atoms with Crippen molar-refractivity contribution in [2.75, 3.05) is 4.90 Å². The molecule has 2 aromatic heterocycles. The maximum atomic E-state index is 2.49. The van der Waals surface area contributed by atoms with E-state index in [1.54, 1.807) is 0 Å². The van der Waals surface area contributed by atoms with Crippen LogP contribution in [0.1, 0.15) is 0 Å². The van der Waals surface area contributed by atoms with Gasteiger partial charge in [0.1, 0.15) is 0 Å². The minimum Gasteiger partial charge on any atom is -0.308 e. The number of thiophene rings is 2. The summed E-state index contributed by atoms with van der Waals surface area (Å²) >= 11 is 3.76. The minimum atomic E-state index is 1.14. The van der Waals surface area contributed by atoms with E-state index in [9.17, 15) is 0 Å². The van der Waals surface area contributed by atoms with Crippen LogP contribution in [0.2, 0.25) is 0 Å². The van der Waals surface area contributed by atoms with Gasteiger partial charge in [-0.2, -0.15) is 0 Å². The molecule has 0 saturated carbocycles. The van der Waals surface area contributed by atoms with Crippen molar-refractivity contribution in [2.24, 2.45) is 0 Å². The summed E-state index contributed by atoms with van der Waals surface area (Å²) in [5.74, 6) is 0. The molecule has 0 spiro atoms. The predicted molar refractivity (Wildman–Crippen MR) is 250 cm³/mol. The van der Waals surface area contributed by atoms with Crippen LogP contribution in [0.4, 0.5) is 17.1 Å². The van der Waals surface area contributed by atoms with E-state index in [0.29, 0.717) is 0 Å². The topological polar surface area (TPSA) is 3.24 Å². The quantitative estimate of drug-likeness (QED) is 0.158. The second-order valence-corrected chi connectivity index (χ2v) is 16.9. The van der Waals surface area contributed by atoms with Crippen LogP contribution in [0.5, 0.6) is 0 Å². The van der Waals surface area contributed by atoms with Crippen LogP contribution in [0.25, 0.3) is 94.9 Å². The van der Waals surface area contributed by atoms with Gasteiger partial charge in [0, 0.05) is 36.6 Å². The second kappa shape index (κ2) is 12.9. The van der Waals surface area contributed by atoms with Crippen molar-refractivity contribution in [3.8, 4) is 22.3 Å². The van der Waals surface area contributed by atoms with Crippen molar-refractivity contribution in [3.63, 3.8) is 0 Å². The molecule has 0 unspecified atom stereocenters. The van der Waals surface area contributed by atoms with Crippen LogP contribution < -0.4 is 4.90 Å². The summed E-state index contributed by atoms with van der Waals surface area (Å²) in [6, 6.07) is 73.9. The fourth-order valence-electron chi connectivity index (χ4n) is 9.08. The zero-order valence-electron chi connectivity index (χ0n) is 30.8. The van der Waals surface area contributed by atoms with Gasteiger partial charge < -0.3 is 4.90 Å². The molecule has 10 aromatic carbocycles. The maximum absolute atomic E-state index is 2.49. The molecule has 0 aliphatic rings. The zero-order valence-corrected chi connectivity index (χ0v) is 32.4. The van der Waals surface area contributed by atoms with E-state index in [2.05, 4.69) is 205 Å². The van der Waals surface area contributed by atoms with Crippen LogP contribution in [-0.2, 0) is 0 Å². The van der Waals surface area contributed by atoms with Crippen LogP contribution in [0.3, 0.4) is 0 Å². The van der Waals surface area contributed by atoms with Crippen LogP contribution in [-0.4, -0.2) is 0 Å². The lowest BCUT2D eigenvalue weighted by Crippen LogP contribution is -2.10. The van der Waals surface area contributed by atoms with E-state index >= 15 is 0 Å². The molecular weight excluding hydrogens is 727 g/mol. The summed E-state index contributed by atoms with van der Waals surface area (Å²) in [7, 11) is 0. The molecule has 0 radical (unpaired) electrons. The number of hydrogen-bond acceptors (Lipinski definition) is 3. The number of nitrogens with zero attached hydrogens (tertiary/aromatic N) is 1. The molecule has 0 N–H and O–H groups in total. The Balaban J connectivity index is 1.04. The number of hydrogen-bond donors (Lipinski definition) is 0. The Morgan fingerprint density at radius 2 is 0.754 bits per heavy atom. The van der Waals surface area contributed by atoms with Crippen molar-refractivity contribution >= 4 is 112 Å². The Labute approximate surface area is 337 Å². The molecule has 0 amide bonds. The van der Waals surface area contributed by atoms with Gasteiger partial charge in [-0.25, -0.2) is 0 Å². The summed E-state index contributed by atoms with van der Waals surface area (Å²) < 4.78 is 5.21. The first-order valence-corrected chi connectivity index (χ1v) is 21.1. The highest BCUT2D eigenvalue weighted by Gasteiger charge is 2.22. The first-order chi connectivity index (χ1) is 28.3. The van der Waals surface area contributed by atoms with Crippen LogP contribution in [0.15, 0.2) is 200 Å². The molecule has 0 aliphatic carbocycles. The Morgan fingerprint density at radius 1 is 0.298 bits per heavy atom. The Kier molecular flexibility index (Phi) is 7.34. The molecule has 0 atom stereocenters. The van der Waals surface area contributed by atoms with Gasteiger partial charge >= 0.3 is 0 Å². The molecule has 0 saturated heterocycles. The highest BCUT2D eigenvalue weighted by molar-refractivity contribution is 7.27. The van der Waals surface area contributed by atoms with Crippen LogP contribution in [0, 0.1) is 0 Å².